The molecule has 7 nitrogen and oxygen atoms in total. The third-order valence-corrected chi connectivity index (χ3v) is 6.57. The van der Waals surface area contributed by atoms with Crippen molar-refractivity contribution in [1.29, 1.82) is 0 Å². The Labute approximate surface area is 193 Å². The number of nitrogens with two attached hydrogens (primary N) is 1. The van der Waals surface area contributed by atoms with E-state index in [-0.39, 0.29) is 0 Å². The van der Waals surface area contributed by atoms with Gasteiger partial charge >= 0.3 is 5.97 Å². The number of aliphatic carboxylic acids is 1. The predicted octanol–water partition coefficient (Wildman–Crippen LogP) is 4.64. The van der Waals surface area contributed by atoms with Gasteiger partial charge in [-0.15, -0.1) is 0 Å². The summed E-state index contributed by atoms with van der Waals surface area (Å²) in [5.74, 6) is -1.74. The summed E-state index contributed by atoms with van der Waals surface area (Å²) in [6, 6.07) is 3.82. The number of carboxylic acids is 1. The Morgan fingerprint density at radius 3 is 2.73 bits per heavy atom. The second kappa shape index (κ2) is 9.98. The Morgan fingerprint density at radius 1 is 1.27 bits per heavy atom. The number of oxazole rings is 1. The van der Waals surface area contributed by atoms with Crippen LogP contribution in [-0.4, -0.2) is 27.0 Å². The van der Waals surface area contributed by atoms with Crippen LogP contribution in [0.15, 0.2) is 65.2 Å². The number of allylic oxidation sites excluding steroid dienone is 4. The smallest absolute Gasteiger partial charge is 0.324 e. The minimum absolute atomic E-state index is 0.314. The van der Waals surface area contributed by atoms with Gasteiger partial charge in [-0.25, -0.2) is 4.98 Å². The van der Waals surface area contributed by atoms with Crippen LogP contribution >= 0.6 is 0 Å². The van der Waals surface area contributed by atoms with Crippen molar-refractivity contribution in [3.05, 3.63) is 72.2 Å². The monoisotopic (exact) mass is 447 g/mol. The number of pyridine rings is 1. The van der Waals surface area contributed by atoms with Gasteiger partial charge in [-0.2, -0.15) is 0 Å². The van der Waals surface area contributed by atoms with Crippen molar-refractivity contribution in [1.82, 2.24) is 9.97 Å². The Hall–Kier alpha value is -3.48. The zero-order valence-electron chi connectivity index (χ0n) is 18.5. The first kappa shape index (κ1) is 22.7. The van der Waals surface area contributed by atoms with Gasteiger partial charge in [0.25, 0.3) is 0 Å². The summed E-state index contributed by atoms with van der Waals surface area (Å²) >= 11 is 0. The number of carbonyl (C=O) groups is 2. The van der Waals surface area contributed by atoms with Gasteiger partial charge < -0.3 is 15.3 Å². The molecule has 2 aromatic rings. The molecule has 0 bridgehead atoms. The van der Waals surface area contributed by atoms with E-state index in [4.69, 9.17) is 10.2 Å². The van der Waals surface area contributed by atoms with Crippen LogP contribution in [0, 0.1) is 17.3 Å². The number of carbonyl (C=O) groups excluding carboxylic acids is 1. The van der Waals surface area contributed by atoms with E-state index in [1.165, 1.54) is 12.5 Å². The van der Waals surface area contributed by atoms with Crippen molar-refractivity contribution in [3.63, 3.8) is 0 Å². The molecule has 0 radical (unpaired) electrons. The normalized spacial score (nSPS) is 18.9. The Kier molecular flexibility index (Phi) is 6.87. The molecule has 2 aliphatic carbocycles. The number of carboxylic acid groups (broad SMARTS) is 1. The van der Waals surface area contributed by atoms with Crippen molar-refractivity contribution >= 4 is 23.5 Å². The highest BCUT2D eigenvalue weighted by Gasteiger charge is 2.56. The third kappa shape index (κ3) is 4.82. The van der Waals surface area contributed by atoms with E-state index < -0.39 is 23.2 Å². The first-order chi connectivity index (χ1) is 16.0. The van der Waals surface area contributed by atoms with Crippen LogP contribution in [0.25, 0.3) is 11.6 Å². The lowest BCUT2D eigenvalue weighted by Gasteiger charge is -2.38. The number of rotatable bonds is 11. The zero-order chi connectivity index (χ0) is 23.3. The third-order valence-electron chi connectivity index (χ3n) is 6.57. The second-order valence-corrected chi connectivity index (χ2v) is 8.77. The van der Waals surface area contributed by atoms with Crippen LogP contribution in [-0.2, 0) is 9.59 Å². The molecule has 1 saturated carbocycles. The van der Waals surface area contributed by atoms with E-state index in [0.29, 0.717) is 48.6 Å². The number of amides is 1. The molecule has 0 aliphatic heterocycles. The van der Waals surface area contributed by atoms with Crippen LogP contribution in [0.4, 0.5) is 0 Å². The Morgan fingerprint density at radius 2 is 2.09 bits per heavy atom. The Bertz CT molecular complexity index is 1050. The summed E-state index contributed by atoms with van der Waals surface area (Å²) in [6.45, 7) is 0. The number of nitrogens with zero attached hydrogens (tertiary/aromatic N) is 2. The highest BCUT2D eigenvalue weighted by Crippen LogP contribution is 2.51. The van der Waals surface area contributed by atoms with Crippen LogP contribution in [0.3, 0.4) is 0 Å². The first-order valence-corrected chi connectivity index (χ1v) is 11.4. The standard InChI is InChI=1S/C26H29N3O4/c27-24(30)26(25(31)32,22-10-4-3-9-21(22)23-29-14-15-33-23)20(16-18-11-12-18)8-2-1-6-19-7-5-13-28-17-19/h1,5-7,9-10,13-15,17-18,20H,2-4,8,11-12,16H2,(H2,27,30)(H,31,32). The van der Waals surface area contributed by atoms with E-state index in [9.17, 15) is 14.7 Å². The zero-order valence-corrected chi connectivity index (χ0v) is 18.5. The molecule has 2 aromatic heterocycles. The first-order valence-electron chi connectivity index (χ1n) is 11.4. The molecule has 0 spiro atoms. The molecule has 1 fully saturated rings. The molecule has 4 rings (SSSR count). The Balaban J connectivity index is 1.68. The molecule has 2 aliphatic rings. The fourth-order valence-electron chi connectivity index (χ4n) is 4.82. The van der Waals surface area contributed by atoms with Gasteiger partial charge in [0, 0.05) is 18.0 Å². The quantitative estimate of drug-likeness (QED) is 0.484. The molecule has 2 atom stereocenters. The van der Waals surface area contributed by atoms with Crippen LogP contribution in [0.5, 0.6) is 0 Å². The van der Waals surface area contributed by atoms with E-state index in [1.807, 2.05) is 36.4 Å². The second-order valence-electron chi connectivity index (χ2n) is 8.77. The van der Waals surface area contributed by atoms with Gasteiger partial charge in [-0.05, 0) is 61.1 Å². The molecular weight excluding hydrogens is 418 g/mol. The summed E-state index contributed by atoms with van der Waals surface area (Å²) in [7, 11) is 0. The average molecular weight is 448 g/mol. The molecule has 0 aromatic carbocycles. The van der Waals surface area contributed by atoms with Crippen molar-refractivity contribution in [2.45, 2.75) is 44.9 Å². The molecule has 2 unspecified atom stereocenters. The molecule has 33 heavy (non-hydrogen) atoms. The lowest BCUT2D eigenvalue weighted by molar-refractivity contribution is -0.155. The van der Waals surface area contributed by atoms with Crippen LogP contribution in [0.2, 0.25) is 0 Å². The van der Waals surface area contributed by atoms with Crippen molar-refractivity contribution in [2.75, 3.05) is 0 Å². The lowest BCUT2D eigenvalue weighted by atomic mass is 9.62. The number of primary amides is 1. The molecule has 0 saturated heterocycles. The molecule has 7 heteroatoms. The van der Waals surface area contributed by atoms with Crippen molar-refractivity contribution in [3.8, 4) is 0 Å². The van der Waals surface area contributed by atoms with E-state index in [0.717, 1.165) is 24.8 Å². The van der Waals surface area contributed by atoms with Gasteiger partial charge in [0.05, 0.1) is 6.20 Å². The minimum Gasteiger partial charge on any atom is -0.480 e. The van der Waals surface area contributed by atoms with Crippen molar-refractivity contribution in [2.24, 2.45) is 23.0 Å². The van der Waals surface area contributed by atoms with Gasteiger partial charge in [0.2, 0.25) is 11.8 Å². The average Bonchev–Trinajstić information content (AvgIpc) is 3.46. The van der Waals surface area contributed by atoms with E-state index >= 15 is 0 Å². The summed E-state index contributed by atoms with van der Waals surface area (Å²) in [6.07, 6.45) is 19.4. The molecule has 1 amide bonds. The van der Waals surface area contributed by atoms with E-state index in [1.54, 1.807) is 12.4 Å². The van der Waals surface area contributed by atoms with Crippen LogP contribution in [0.1, 0.15) is 56.4 Å². The van der Waals surface area contributed by atoms with Crippen LogP contribution < -0.4 is 5.73 Å². The summed E-state index contributed by atoms with van der Waals surface area (Å²) in [5.41, 5.74) is 6.05. The number of aromatic nitrogens is 2. The maximum absolute atomic E-state index is 13.1. The fourth-order valence-corrected chi connectivity index (χ4v) is 4.82. The number of hydrogen-bond acceptors (Lipinski definition) is 5. The van der Waals surface area contributed by atoms with Gasteiger partial charge in [0.15, 0.2) is 5.41 Å². The highest BCUT2D eigenvalue weighted by atomic mass is 16.4. The van der Waals surface area contributed by atoms with E-state index in [2.05, 4.69) is 9.97 Å². The molecular formula is C26H29N3O4. The lowest BCUT2D eigenvalue weighted by Crippen LogP contribution is -2.51. The molecule has 2 heterocycles. The number of hydrogen-bond donors (Lipinski definition) is 2. The predicted molar refractivity (Wildman–Crippen MR) is 124 cm³/mol. The van der Waals surface area contributed by atoms with Crippen molar-refractivity contribution < 1.29 is 19.1 Å². The SMILES string of the molecule is NC(=O)C(C(=O)O)(C1=CCCC=C1c1ncco1)C(CCC=Cc1cccnc1)CC1CC1. The highest BCUT2D eigenvalue weighted by molar-refractivity contribution is 6.09. The maximum Gasteiger partial charge on any atom is 0.324 e. The minimum atomic E-state index is -1.84. The summed E-state index contributed by atoms with van der Waals surface area (Å²) in [5, 5.41) is 10.6. The van der Waals surface area contributed by atoms with Gasteiger partial charge in [-0.3, -0.25) is 14.6 Å². The summed E-state index contributed by atoms with van der Waals surface area (Å²) < 4.78 is 5.50. The van der Waals surface area contributed by atoms with Gasteiger partial charge in [0.1, 0.15) is 6.26 Å². The summed E-state index contributed by atoms with van der Waals surface area (Å²) in [4.78, 5) is 34.3. The largest absolute Gasteiger partial charge is 0.480 e. The fraction of sp³-hybridized carbons (Fsp3) is 0.385. The topological polar surface area (TPSA) is 119 Å². The maximum atomic E-state index is 13.1. The van der Waals surface area contributed by atoms with Gasteiger partial charge in [-0.1, -0.05) is 43.2 Å². The molecule has 172 valence electrons. The molecule has 3 N–H and O–H groups in total.